The second-order valence-electron chi connectivity index (χ2n) is 5.41. The van der Waals surface area contributed by atoms with Crippen molar-refractivity contribution >= 4 is 49.4 Å². The molecule has 4 nitrogen and oxygen atoms in total. The fourth-order valence-electron chi connectivity index (χ4n) is 2.91. The Morgan fingerprint density at radius 1 is 1.29 bits per heavy atom. The Balaban J connectivity index is 2.35. The van der Waals surface area contributed by atoms with Gasteiger partial charge in [-0.25, -0.2) is 4.79 Å². The minimum absolute atomic E-state index is 0.0759. The van der Waals surface area contributed by atoms with Gasteiger partial charge in [0.2, 0.25) is 5.91 Å². The summed E-state index contributed by atoms with van der Waals surface area (Å²) in [5, 5.41) is 12.2. The van der Waals surface area contributed by atoms with Crippen molar-refractivity contribution < 1.29 is 14.7 Å². The van der Waals surface area contributed by atoms with E-state index in [0.717, 1.165) is 32.1 Å². The zero-order valence-corrected chi connectivity index (χ0v) is 14.9. The van der Waals surface area contributed by atoms with Crippen molar-refractivity contribution in [3.8, 4) is 0 Å². The average Bonchev–Trinajstić information content (AvgIpc) is 2.91. The lowest BCUT2D eigenvalue weighted by molar-refractivity contribution is -0.125. The second-order valence-corrected chi connectivity index (χ2v) is 7.18. The van der Waals surface area contributed by atoms with Gasteiger partial charge in [-0.05, 0) is 47.3 Å². The van der Waals surface area contributed by atoms with Gasteiger partial charge in [-0.2, -0.15) is 0 Å². The molecule has 0 unspecified atom stereocenters. The summed E-state index contributed by atoms with van der Waals surface area (Å²) in [6, 6.07) is 3.23. The number of hydrogen-bond acceptors (Lipinski definition) is 2. The van der Waals surface area contributed by atoms with Crippen molar-refractivity contribution in [1.82, 2.24) is 0 Å². The second kappa shape index (κ2) is 6.48. The van der Waals surface area contributed by atoms with Crippen LogP contribution >= 0.6 is 31.9 Å². The number of nitrogens with one attached hydrogen (secondary N) is 1. The molecule has 1 fully saturated rings. The first-order valence-corrected chi connectivity index (χ1v) is 8.52. The van der Waals surface area contributed by atoms with Crippen LogP contribution in [0.5, 0.6) is 0 Å². The first kappa shape index (κ1) is 16.5. The maximum absolute atomic E-state index is 12.6. The molecule has 0 aromatic heterocycles. The van der Waals surface area contributed by atoms with E-state index in [-0.39, 0.29) is 16.9 Å². The molecule has 1 aromatic carbocycles. The molecule has 1 aliphatic carbocycles. The van der Waals surface area contributed by atoms with Crippen molar-refractivity contribution in [3.63, 3.8) is 0 Å². The van der Waals surface area contributed by atoms with Gasteiger partial charge >= 0.3 is 5.97 Å². The van der Waals surface area contributed by atoms with Crippen molar-refractivity contribution in [2.75, 3.05) is 5.32 Å². The number of carboxylic acids is 1. The highest BCUT2D eigenvalue weighted by molar-refractivity contribution is 9.11. The van der Waals surface area contributed by atoms with Gasteiger partial charge in [0, 0.05) is 14.4 Å². The number of hydrogen-bond donors (Lipinski definition) is 2. The lowest BCUT2D eigenvalue weighted by atomic mass is 9.82. The third-order valence-corrected chi connectivity index (χ3v) is 5.33. The Kier molecular flexibility index (Phi) is 5.09. The summed E-state index contributed by atoms with van der Waals surface area (Å²) in [5.74, 6) is -1.14. The number of amides is 1. The SMILES string of the molecule is CCC1(C(=O)Nc2c(Br)cc(Br)cc2C(=O)O)CCCC1. The standard InChI is InChI=1S/C15H17Br2NO3/c1-2-15(5-3-4-6-15)14(21)18-12-10(13(19)20)7-9(16)8-11(12)17/h7-8H,2-6H2,1H3,(H,18,21)(H,19,20). The molecule has 0 spiro atoms. The first-order chi connectivity index (χ1) is 9.89. The summed E-state index contributed by atoms with van der Waals surface area (Å²) in [4.78, 5) is 24.0. The number of anilines is 1. The van der Waals surface area contributed by atoms with Gasteiger partial charge in [0.1, 0.15) is 0 Å². The van der Waals surface area contributed by atoms with E-state index in [1.165, 1.54) is 6.07 Å². The predicted octanol–water partition coefficient (Wildman–Crippen LogP) is 4.82. The number of carboxylic acid groups (broad SMARTS) is 1. The molecule has 0 bridgehead atoms. The van der Waals surface area contributed by atoms with Crippen molar-refractivity contribution in [1.29, 1.82) is 0 Å². The molecule has 0 saturated heterocycles. The third kappa shape index (κ3) is 3.31. The van der Waals surface area contributed by atoms with Crippen LogP contribution in [0.4, 0.5) is 5.69 Å². The molecule has 0 radical (unpaired) electrons. The van der Waals surface area contributed by atoms with Crippen molar-refractivity contribution in [2.45, 2.75) is 39.0 Å². The van der Waals surface area contributed by atoms with Crippen LogP contribution in [0.1, 0.15) is 49.4 Å². The number of carbonyl (C=O) groups is 2. The highest BCUT2D eigenvalue weighted by Crippen LogP contribution is 2.42. The number of benzene rings is 1. The summed E-state index contributed by atoms with van der Waals surface area (Å²) >= 11 is 6.60. The lowest BCUT2D eigenvalue weighted by Gasteiger charge is -2.26. The first-order valence-electron chi connectivity index (χ1n) is 6.93. The molecular formula is C15H17Br2NO3. The summed E-state index contributed by atoms with van der Waals surface area (Å²) < 4.78 is 1.21. The summed E-state index contributed by atoms with van der Waals surface area (Å²) in [7, 11) is 0. The van der Waals surface area contributed by atoms with Crippen LogP contribution in [0.25, 0.3) is 0 Å². The Bertz CT molecular complexity index is 581. The Morgan fingerprint density at radius 2 is 1.90 bits per heavy atom. The van der Waals surface area contributed by atoms with E-state index in [1.807, 2.05) is 6.92 Å². The van der Waals surface area contributed by atoms with Crippen LogP contribution in [0.15, 0.2) is 21.1 Å². The molecule has 1 amide bonds. The van der Waals surface area contributed by atoms with Gasteiger partial charge in [-0.15, -0.1) is 0 Å². The largest absolute Gasteiger partial charge is 0.478 e. The maximum atomic E-state index is 12.6. The third-order valence-electron chi connectivity index (χ3n) is 4.24. The number of halogens is 2. The fourth-order valence-corrected chi connectivity index (χ4v) is 4.23. The number of aromatic carboxylic acids is 1. The Morgan fingerprint density at radius 3 is 2.43 bits per heavy atom. The summed E-state index contributed by atoms with van der Waals surface area (Å²) in [5.41, 5.74) is 0.0479. The number of carbonyl (C=O) groups excluding carboxylic acids is 1. The van der Waals surface area contributed by atoms with E-state index in [4.69, 9.17) is 0 Å². The zero-order chi connectivity index (χ0) is 15.6. The van der Waals surface area contributed by atoms with Crippen LogP contribution < -0.4 is 5.32 Å². The minimum atomic E-state index is -1.07. The monoisotopic (exact) mass is 417 g/mol. The van der Waals surface area contributed by atoms with Gasteiger partial charge in [0.15, 0.2) is 0 Å². The summed E-state index contributed by atoms with van der Waals surface area (Å²) in [6.45, 7) is 2.01. The zero-order valence-electron chi connectivity index (χ0n) is 11.7. The van der Waals surface area contributed by atoms with Crippen LogP contribution in [-0.4, -0.2) is 17.0 Å². The Labute approximate surface area is 140 Å². The smallest absolute Gasteiger partial charge is 0.337 e. The summed E-state index contributed by atoms with van der Waals surface area (Å²) in [6.07, 6.45) is 4.61. The fraction of sp³-hybridized carbons (Fsp3) is 0.467. The van der Waals surface area contributed by atoms with Gasteiger partial charge in [0.25, 0.3) is 0 Å². The van der Waals surface area contributed by atoms with E-state index in [9.17, 15) is 14.7 Å². The van der Waals surface area contributed by atoms with Crippen molar-refractivity contribution in [2.24, 2.45) is 5.41 Å². The predicted molar refractivity (Wildman–Crippen MR) is 88.6 cm³/mol. The van der Waals surface area contributed by atoms with Crippen LogP contribution in [0.3, 0.4) is 0 Å². The van der Waals surface area contributed by atoms with Gasteiger partial charge < -0.3 is 10.4 Å². The van der Waals surface area contributed by atoms with E-state index < -0.39 is 5.97 Å². The molecule has 6 heteroatoms. The normalized spacial score (nSPS) is 16.7. The van der Waals surface area contributed by atoms with Gasteiger partial charge in [0.05, 0.1) is 11.3 Å². The Hall–Kier alpha value is -0.880. The molecular weight excluding hydrogens is 402 g/mol. The minimum Gasteiger partial charge on any atom is -0.478 e. The molecule has 2 N–H and O–H groups in total. The molecule has 21 heavy (non-hydrogen) atoms. The molecule has 1 aromatic rings. The highest BCUT2D eigenvalue weighted by Gasteiger charge is 2.39. The van der Waals surface area contributed by atoms with E-state index in [0.29, 0.717) is 14.6 Å². The van der Waals surface area contributed by atoms with Crippen LogP contribution in [0.2, 0.25) is 0 Å². The molecule has 2 rings (SSSR count). The van der Waals surface area contributed by atoms with Crippen LogP contribution in [0, 0.1) is 5.41 Å². The maximum Gasteiger partial charge on any atom is 0.337 e. The molecule has 1 aliphatic rings. The topological polar surface area (TPSA) is 66.4 Å². The van der Waals surface area contributed by atoms with E-state index >= 15 is 0 Å². The molecule has 114 valence electrons. The lowest BCUT2D eigenvalue weighted by Crippen LogP contribution is -2.33. The van der Waals surface area contributed by atoms with Gasteiger partial charge in [-0.3, -0.25) is 4.79 Å². The molecule has 0 aliphatic heterocycles. The number of rotatable bonds is 4. The molecule has 1 saturated carbocycles. The molecule has 0 heterocycles. The van der Waals surface area contributed by atoms with E-state index in [2.05, 4.69) is 37.2 Å². The van der Waals surface area contributed by atoms with Crippen molar-refractivity contribution in [3.05, 3.63) is 26.6 Å². The average molecular weight is 419 g/mol. The van der Waals surface area contributed by atoms with E-state index in [1.54, 1.807) is 6.07 Å². The van der Waals surface area contributed by atoms with Gasteiger partial charge in [-0.1, -0.05) is 35.7 Å². The highest BCUT2D eigenvalue weighted by atomic mass is 79.9. The quantitative estimate of drug-likeness (QED) is 0.736. The molecule has 0 atom stereocenters. The van der Waals surface area contributed by atoms with Crippen LogP contribution in [-0.2, 0) is 4.79 Å².